The van der Waals surface area contributed by atoms with Crippen LogP contribution in [0.4, 0.5) is 5.69 Å². The van der Waals surface area contributed by atoms with Crippen LogP contribution in [0.15, 0.2) is 71.8 Å². The highest BCUT2D eigenvalue weighted by Crippen LogP contribution is 2.37. The Morgan fingerprint density at radius 3 is 2.69 bits per heavy atom. The number of amides is 1. The Hall–Kier alpha value is -3.95. The molecule has 0 atom stereocenters. The van der Waals surface area contributed by atoms with Gasteiger partial charge in [0.05, 0.1) is 27.6 Å². The number of nitrogens with zero attached hydrogens (tertiary/aromatic N) is 2. The van der Waals surface area contributed by atoms with Crippen LogP contribution in [0.2, 0.25) is 5.02 Å². The average molecular weight is 510 g/mol. The van der Waals surface area contributed by atoms with Crippen LogP contribution in [-0.2, 0) is 6.61 Å². The minimum atomic E-state index is -0.471. The van der Waals surface area contributed by atoms with Gasteiger partial charge in [-0.05, 0) is 42.3 Å². The summed E-state index contributed by atoms with van der Waals surface area (Å²) in [7, 11) is 0. The van der Waals surface area contributed by atoms with E-state index in [1.54, 1.807) is 24.3 Å². The van der Waals surface area contributed by atoms with E-state index in [2.05, 4.69) is 10.5 Å². The van der Waals surface area contributed by atoms with Gasteiger partial charge in [0.25, 0.3) is 11.6 Å². The third-order valence-corrected chi connectivity index (χ3v) is 6.27. The summed E-state index contributed by atoms with van der Waals surface area (Å²) in [5.41, 5.74) is 4.05. The van der Waals surface area contributed by atoms with Crippen molar-refractivity contribution in [2.45, 2.75) is 13.5 Å². The van der Waals surface area contributed by atoms with E-state index < -0.39 is 10.8 Å². The number of ether oxygens (including phenoxy) is 2. The maximum Gasteiger partial charge on any atom is 0.281 e. The number of hydrazone groups is 1. The zero-order valence-electron chi connectivity index (χ0n) is 18.6. The van der Waals surface area contributed by atoms with Crippen LogP contribution in [0.3, 0.4) is 0 Å². The largest absolute Gasteiger partial charge is 0.490 e. The number of halogens is 1. The summed E-state index contributed by atoms with van der Waals surface area (Å²) in [6.45, 7) is 2.61. The van der Waals surface area contributed by atoms with E-state index in [1.807, 2.05) is 37.3 Å². The number of hydrogen-bond donors (Lipinski definition) is 1. The minimum absolute atomic E-state index is 0.0292. The molecule has 0 saturated carbocycles. The fourth-order valence-corrected chi connectivity index (χ4v) is 4.48. The first-order chi connectivity index (χ1) is 16.9. The molecule has 3 aromatic carbocycles. The van der Waals surface area contributed by atoms with E-state index in [1.165, 1.54) is 29.7 Å². The number of carbonyl (C=O) groups is 1. The van der Waals surface area contributed by atoms with Crippen molar-refractivity contribution >= 4 is 50.8 Å². The Bertz CT molecular complexity index is 1410. The maximum atomic E-state index is 12.5. The summed E-state index contributed by atoms with van der Waals surface area (Å²) >= 11 is 7.68. The van der Waals surface area contributed by atoms with E-state index >= 15 is 0 Å². The van der Waals surface area contributed by atoms with Crippen LogP contribution in [0.5, 0.6) is 11.5 Å². The van der Waals surface area contributed by atoms with Crippen LogP contribution in [0, 0.1) is 10.1 Å². The average Bonchev–Trinajstić information content (AvgIpc) is 3.28. The van der Waals surface area contributed by atoms with Crippen molar-refractivity contribution in [3.63, 3.8) is 0 Å². The van der Waals surface area contributed by atoms with Gasteiger partial charge in [-0.25, -0.2) is 5.43 Å². The van der Waals surface area contributed by atoms with Crippen LogP contribution in [0.1, 0.15) is 27.7 Å². The van der Waals surface area contributed by atoms with Gasteiger partial charge in [-0.15, -0.1) is 11.3 Å². The third kappa shape index (κ3) is 5.95. The molecule has 4 aromatic rings. The molecule has 0 spiro atoms. The van der Waals surface area contributed by atoms with E-state index in [0.717, 1.165) is 10.3 Å². The standard InChI is InChI=1S/C25H20ClN3O5S/c1-2-33-21-11-17(10-20(26)24(21)34-15-16-6-4-3-5-7-16)14-27-28-25(30)23-13-18-12-19(29(31)32)8-9-22(18)35-23/h3-14H,2,15H2,1H3,(H,28,30)/b27-14-. The zero-order valence-corrected chi connectivity index (χ0v) is 20.1. The lowest BCUT2D eigenvalue weighted by Gasteiger charge is -2.14. The first-order valence-corrected chi connectivity index (χ1v) is 11.8. The van der Waals surface area contributed by atoms with Crippen molar-refractivity contribution in [2.24, 2.45) is 5.10 Å². The predicted molar refractivity (Wildman–Crippen MR) is 137 cm³/mol. The monoisotopic (exact) mass is 509 g/mol. The van der Waals surface area contributed by atoms with E-state index in [-0.39, 0.29) is 5.69 Å². The van der Waals surface area contributed by atoms with Gasteiger partial charge in [0, 0.05) is 22.2 Å². The molecule has 4 rings (SSSR count). The summed E-state index contributed by atoms with van der Waals surface area (Å²) in [6, 6.07) is 19.2. The summed E-state index contributed by atoms with van der Waals surface area (Å²) in [6.07, 6.45) is 1.45. The van der Waals surface area contributed by atoms with E-state index in [0.29, 0.717) is 45.6 Å². The molecule has 0 aliphatic carbocycles. The first kappa shape index (κ1) is 24.2. The van der Waals surface area contributed by atoms with Crippen LogP contribution in [0.25, 0.3) is 10.1 Å². The highest BCUT2D eigenvalue weighted by molar-refractivity contribution is 7.20. The lowest BCUT2D eigenvalue weighted by atomic mass is 10.2. The van der Waals surface area contributed by atoms with Gasteiger partial charge in [0.15, 0.2) is 11.5 Å². The molecule has 1 N–H and O–H groups in total. The number of nitro benzene ring substituents is 1. The zero-order chi connectivity index (χ0) is 24.8. The second-order valence-electron chi connectivity index (χ2n) is 7.33. The molecule has 0 unspecified atom stereocenters. The normalized spacial score (nSPS) is 11.0. The summed E-state index contributed by atoms with van der Waals surface area (Å²) in [5, 5.41) is 16.0. The molecule has 0 radical (unpaired) electrons. The predicted octanol–water partition coefficient (Wildman–Crippen LogP) is 6.20. The number of carbonyl (C=O) groups excluding carboxylic acids is 1. The summed E-state index contributed by atoms with van der Waals surface area (Å²) in [4.78, 5) is 23.4. The Kier molecular flexibility index (Phi) is 7.59. The number of non-ortho nitro benzene ring substituents is 1. The molecule has 1 aromatic heterocycles. The van der Waals surface area contributed by atoms with Gasteiger partial charge in [-0.3, -0.25) is 14.9 Å². The van der Waals surface area contributed by atoms with Crippen molar-refractivity contribution in [3.05, 3.63) is 97.9 Å². The highest BCUT2D eigenvalue weighted by atomic mass is 35.5. The van der Waals surface area contributed by atoms with Gasteiger partial charge in [-0.2, -0.15) is 5.10 Å². The number of nitro groups is 1. The smallest absolute Gasteiger partial charge is 0.281 e. The number of thiophene rings is 1. The Morgan fingerprint density at radius 2 is 1.94 bits per heavy atom. The summed E-state index contributed by atoms with van der Waals surface area (Å²) in [5.74, 6) is 0.469. The fraction of sp³-hybridized carbons (Fsp3) is 0.120. The Balaban J connectivity index is 1.46. The molecule has 0 bridgehead atoms. The number of benzene rings is 3. The van der Waals surface area contributed by atoms with Crippen molar-refractivity contribution in [2.75, 3.05) is 6.61 Å². The Morgan fingerprint density at radius 1 is 1.14 bits per heavy atom. The van der Waals surface area contributed by atoms with Gasteiger partial charge < -0.3 is 9.47 Å². The summed E-state index contributed by atoms with van der Waals surface area (Å²) < 4.78 is 12.4. The van der Waals surface area contributed by atoms with Gasteiger partial charge in [0.1, 0.15) is 6.61 Å². The molecule has 0 aliphatic heterocycles. The van der Waals surface area contributed by atoms with Crippen LogP contribution in [-0.4, -0.2) is 23.7 Å². The molecule has 0 fully saturated rings. The topological polar surface area (TPSA) is 103 Å². The highest BCUT2D eigenvalue weighted by Gasteiger charge is 2.14. The van der Waals surface area contributed by atoms with Crippen molar-refractivity contribution < 1.29 is 19.2 Å². The molecule has 35 heavy (non-hydrogen) atoms. The molecule has 10 heteroatoms. The number of nitrogens with one attached hydrogen (secondary N) is 1. The fourth-order valence-electron chi connectivity index (χ4n) is 3.27. The molecule has 178 valence electrons. The quantitative estimate of drug-likeness (QED) is 0.164. The molecule has 1 amide bonds. The molecule has 8 nitrogen and oxygen atoms in total. The van der Waals surface area contributed by atoms with Gasteiger partial charge in [0.2, 0.25) is 0 Å². The Labute approximate surface area is 209 Å². The van der Waals surface area contributed by atoms with Crippen molar-refractivity contribution in [3.8, 4) is 11.5 Å². The number of rotatable bonds is 9. The molecule has 0 aliphatic rings. The molecular formula is C25H20ClN3O5S. The second-order valence-corrected chi connectivity index (χ2v) is 8.82. The SMILES string of the molecule is CCOc1cc(/C=N\NC(=O)c2cc3cc([N+](=O)[O-])ccc3s2)cc(Cl)c1OCc1ccccc1. The van der Waals surface area contributed by atoms with Crippen molar-refractivity contribution in [1.82, 2.24) is 5.43 Å². The molecular weight excluding hydrogens is 490 g/mol. The lowest BCUT2D eigenvalue weighted by molar-refractivity contribution is -0.384. The van der Waals surface area contributed by atoms with Gasteiger partial charge in [-0.1, -0.05) is 41.9 Å². The molecule has 0 saturated heterocycles. The number of hydrogen-bond acceptors (Lipinski definition) is 7. The molecule has 1 heterocycles. The third-order valence-electron chi connectivity index (χ3n) is 4.87. The van der Waals surface area contributed by atoms with Crippen LogP contribution < -0.4 is 14.9 Å². The van der Waals surface area contributed by atoms with Gasteiger partial charge >= 0.3 is 0 Å². The van der Waals surface area contributed by atoms with Crippen molar-refractivity contribution in [1.29, 1.82) is 0 Å². The van der Waals surface area contributed by atoms with E-state index in [4.69, 9.17) is 21.1 Å². The minimum Gasteiger partial charge on any atom is -0.490 e. The van der Waals surface area contributed by atoms with Crippen LogP contribution >= 0.6 is 22.9 Å². The first-order valence-electron chi connectivity index (χ1n) is 10.6. The lowest BCUT2D eigenvalue weighted by Crippen LogP contribution is -2.16. The maximum absolute atomic E-state index is 12.5. The number of fused-ring (bicyclic) bond motifs is 1. The van der Waals surface area contributed by atoms with E-state index in [9.17, 15) is 14.9 Å². The second kappa shape index (κ2) is 11.0.